The Hall–Kier alpha value is -0.470. The standard InChI is InChI=1S/C15H23NS/c1-2-14(12-13-8-9-13)16-10-11-17-15-6-4-3-5-7-15/h3-7,13-14,16H,2,8-12H2,1H3. The van der Waals surface area contributed by atoms with Crippen molar-refractivity contribution >= 4 is 11.8 Å². The van der Waals surface area contributed by atoms with Crippen LogP contribution >= 0.6 is 11.8 Å². The van der Waals surface area contributed by atoms with E-state index in [0.717, 1.165) is 18.5 Å². The zero-order valence-corrected chi connectivity index (χ0v) is 11.5. The Bertz CT molecular complexity index is 308. The Kier molecular flexibility index (Phi) is 5.40. The summed E-state index contributed by atoms with van der Waals surface area (Å²) < 4.78 is 0. The molecule has 17 heavy (non-hydrogen) atoms. The fourth-order valence-corrected chi connectivity index (χ4v) is 2.90. The molecule has 0 aromatic heterocycles. The second-order valence-corrected chi connectivity index (χ2v) is 6.07. The van der Waals surface area contributed by atoms with Crippen LogP contribution in [0, 0.1) is 5.92 Å². The van der Waals surface area contributed by atoms with E-state index in [9.17, 15) is 0 Å². The molecule has 2 heteroatoms. The largest absolute Gasteiger partial charge is 0.313 e. The molecule has 94 valence electrons. The van der Waals surface area contributed by atoms with Gasteiger partial charge in [0.2, 0.25) is 0 Å². The first-order chi connectivity index (χ1) is 8.38. The Labute approximate surface area is 109 Å². The molecule has 0 saturated heterocycles. The summed E-state index contributed by atoms with van der Waals surface area (Å²) in [5, 5.41) is 3.69. The third kappa shape index (κ3) is 5.13. The third-order valence-corrected chi connectivity index (χ3v) is 4.37. The highest BCUT2D eigenvalue weighted by atomic mass is 32.2. The summed E-state index contributed by atoms with van der Waals surface area (Å²) in [6.45, 7) is 3.43. The molecule has 1 N–H and O–H groups in total. The van der Waals surface area contributed by atoms with Crippen molar-refractivity contribution in [3.63, 3.8) is 0 Å². The van der Waals surface area contributed by atoms with E-state index in [4.69, 9.17) is 0 Å². The van der Waals surface area contributed by atoms with Crippen molar-refractivity contribution in [2.75, 3.05) is 12.3 Å². The zero-order valence-electron chi connectivity index (χ0n) is 10.7. The molecule has 0 aliphatic heterocycles. The maximum Gasteiger partial charge on any atom is 0.0106 e. The quantitative estimate of drug-likeness (QED) is 0.553. The molecule has 0 heterocycles. The summed E-state index contributed by atoms with van der Waals surface area (Å²) in [6.07, 6.45) is 5.60. The molecule has 1 saturated carbocycles. The van der Waals surface area contributed by atoms with Crippen molar-refractivity contribution in [3.05, 3.63) is 30.3 Å². The Morgan fingerprint density at radius 2 is 2.06 bits per heavy atom. The van der Waals surface area contributed by atoms with Gasteiger partial charge in [0.25, 0.3) is 0 Å². The number of hydrogen-bond donors (Lipinski definition) is 1. The monoisotopic (exact) mass is 249 g/mol. The molecule has 0 bridgehead atoms. The molecule has 1 aliphatic rings. The topological polar surface area (TPSA) is 12.0 Å². The number of benzene rings is 1. The van der Waals surface area contributed by atoms with Crippen molar-refractivity contribution < 1.29 is 0 Å². The Morgan fingerprint density at radius 3 is 2.71 bits per heavy atom. The van der Waals surface area contributed by atoms with Gasteiger partial charge in [-0.25, -0.2) is 0 Å². The molecule has 0 amide bonds. The Balaban J connectivity index is 1.58. The number of nitrogens with one attached hydrogen (secondary N) is 1. The normalized spacial score (nSPS) is 17.0. The predicted molar refractivity (Wildman–Crippen MR) is 76.6 cm³/mol. The molecule has 1 fully saturated rings. The van der Waals surface area contributed by atoms with Gasteiger partial charge in [-0.2, -0.15) is 0 Å². The summed E-state index contributed by atoms with van der Waals surface area (Å²) >= 11 is 1.94. The highest BCUT2D eigenvalue weighted by molar-refractivity contribution is 7.99. The second-order valence-electron chi connectivity index (χ2n) is 4.90. The molecule has 1 atom stereocenters. The maximum atomic E-state index is 3.69. The van der Waals surface area contributed by atoms with Gasteiger partial charge in [-0.05, 0) is 30.9 Å². The van der Waals surface area contributed by atoms with E-state index in [1.54, 1.807) is 0 Å². The maximum absolute atomic E-state index is 3.69. The summed E-state index contributed by atoms with van der Waals surface area (Å²) in [5.74, 6) is 2.21. The average molecular weight is 249 g/mol. The molecule has 0 spiro atoms. The van der Waals surface area contributed by atoms with Crippen LogP contribution in [0.2, 0.25) is 0 Å². The van der Waals surface area contributed by atoms with E-state index in [2.05, 4.69) is 42.6 Å². The van der Waals surface area contributed by atoms with Crippen LogP contribution in [0.4, 0.5) is 0 Å². The van der Waals surface area contributed by atoms with Crippen LogP contribution in [-0.4, -0.2) is 18.3 Å². The summed E-state index contributed by atoms with van der Waals surface area (Å²) in [5.41, 5.74) is 0. The van der Waals surface area contributed by atoms with Gasteiger partial charge in [0.1, 0.15) is 0 Å². The van der Waals surface area contributed by atoms with Crippen molar-refractivity contribution in [2.45, 2.75) is 43.5 Å². The van der Waals surface area contributed by atoms with Gasteiger partial charge in [-0.3, -0.25) is 0 Å². The lowest BCUT2D eigenvalue weighted by atomic mass is 10.1. The molecule has 1 aromatic rings. The van der Waals surface area contributed by atoms with Crippen molar-refractivity contribution in [1.29, 1.82) is 0 Å². The van der Waals surface area contributed by atoms with Gasteiger partial charge in [0.15, 0.2) is 0 Å². The minimum atomic E-state index is 0.749. The smallest absolute Gasteiger partial charge is 0.0106 e. The van der Waals surface area contributed by atoms with Gasteiger partial charge in [-0.1, -0.05) is 38.0 Å². The number of rotatable bonds is 8. The van der Waals surface area contributed by atoms with Crippen LogP contribution in [0.1, 0.15) is 32.6 Å². The lowest BCUT2D eigenvalue weighted by molar-refractivity contribution is 0.458. The lowest BCUT2D eigenvalue weighted by Gasteiger charge is -2.16. The van der Waals surface area contributed by atoms with Crippen molar-refractivity contribution in [1.82, 2.24) is 5.32 Å². The first-order valence-electron chi connectivity index (χ1n) is 6.79. The lowest BCUT2D eigenvalue weighted by Crippen LogP contribution is -2.30. The van der Waals surface area contributed by atoms with Crippen molar-refractivity contribution in [3.8, 4) is 0 Å². The fraction of sp³-hybridized carbons (Fsp3) is 0.600. The highest BCUT2D eigenvalue weighted by Gasteiger charge is 2.24. The summed E-state index contributed by atoms with van der Waals surface area (Å²) in [4.78, 5) is 1.38. The first kappa shape index (κ1) is 13.0. The van der Waals surface area contributed by atoms with E-state index in [1.807, 2.05) is 11.8 Å². The molecule has 1 aliphatic carbocycles. The minimum absolute atomic E-state index is 0.749. The molecule has 1 unspecified atom stereocenters. The van der Waals surface area contributed by atoms with Gasteiger partial charge >= 0.3 is 0 Å². The fourth-order valence-electron chi connectivity index (χ4n) is 2.10. The van der Waals surface area contributed by atoms with E-state index in [-0.39, 0.29) is 0 Å². The molecule has 2 rings (SSSR count). The molecule has 1 nitrogen and oxygen atoms in total. The van der Waals surface area contributed by atoms with Crippen LogP contribution < -0.4 is 5.32 Å². The minimum Gasteiger partial charge on any atom is -0.313 e. The predicted octanol–water partition coefficient (Wildman–Crippen LogP) is 3.95. The van der Waals surface area contributed by atoms with Crippen LogP contribution in [-0.2, 0) is 0 Å². The Morgan fingerprint density at radius 1 is 1.29 bits per heavy atom. The van der Waals surface area contributed by atoms with Crippen LogP contribution in [0.5, 0.6) is 0 Å². The highest BCUT2D eigenvalue weighted by Crippen LogP contribution is 2.34. The number of hydrogen-bond acceptors (Lipinski definition) is 2. The molecular weight excluding hydrogens is 226 g/mol. The zero-order chi connectivity index (χ0) is 11.9. The van der Waals surface area contributed by atoms with Crippen LogP contribution in [0.25, 0.3) is 0 Å². The van der Waals surface area contributed by atoms with Crippen LogP contribution in [0.3, 0.4) is 0 Å². The van der Waals surface area contributed by atoms with Gasteiger partial charge in [-0.15, -0.1) is 11.8 Å². The van der Waals surface area contributed by atoms with E-state index < -0.39 is 0 Å². The van der Waals surface area contributed by atoms with Gasteiger partial charge < -0.3 is 5.32 Å². The third-order valence-electron chi connectivity index (χ3n) is 3.35. The summed E-state index contributed by atoms with van der Waals surface area (Å²) in [6, 6.07) is 11.4. The second kappa shape index (κ2) is 7.07. The van der Waals surface area contributed by atoms with Crippen molar-refractivity contribution in [2.24, 2.45) is 5.92 Å². The van der Waals surface area contributed by atoms with Gasteiger partial charge in [0, 0.05) is 23.2 Å². The number of thioether (sulfide) groups is 1. The first-order valence-corrected chi connectivity index (χ1v) is 7.78. The average Bonchev–Trinajstić information content (AvgIpc) is 3.18. The van der Waals surface area contributed by atoms with E-state index in [0.29, 0.717) is 0 Å². The summed E-state index contributed by atoms with van der Waals surface area (Å²) in [7, 11) is 0. The van der Waals surface area contributed by atoms with E-state index >= 15 is 0 Å². The van der Waals surface area contributed by atoms with Crippen LogP contribution in [0.15, 0.2) is 35.2 Å². The molecular formula is C15H23NS. The molecule has 1 aromatic carbocycles. The SMILES string of the molecule is CCC(CC1CC1)NCCSc1ccccc1. The van der Waals surface area contributed by atoms with E-state index in [1.165, 1.54) is 36.3 Å². The molecule has 0 radical (unpaired) electrons. The van der Waals surface area contributed by atoms with Gasteiger partial charge in [0.05, 0.1) is 0 Å².